The van der Waals surface area contributed by atoms with Gasteiger partial charge in [0.15, 0.2) is 0 Å². The fourth-order valence-electron chi connectivity index (χ4n) is 3.23. The summed E-state index contributed by atoms with van der Waals surface area (Å²) in [5, 5.41) is 4.85. The molecule has 0 bridgehead atoms. The molecule has 0 unspecified atom stereocenters. The van der Waals surface area contributed by atoms with Gasteiger partial charge in [-0.2, -0.15) is 0 Å². The highest BCUT2D eigenvalue weighted by molar-refractivity contribution is 7.12. The van der Waals surface area contributed by atoms with E-state index >= 15 is 0 Å². The molecular formula is C21H22N4OS. The van der Waals surface area contributed by atoms with Crippen molar-refractivity contribution >= 4 is 28.7 Å². The number of hydrogen-bond donors (Lipinski definition) is 1. The number of pyridine rings is 1. The molecule has 2 aromatic heterocycles. The Morgan fingerprint density at radius 2 is 1.81 bits per heavy atom. The summed E-state index contributed by atoms with van der Waals surface area (Å²) in [6, 6.07) is 17.9. The molecule has 5 nitrogen and oxygen atoms in total. The zero-order valence-electron chi connectivity index (χ0n) is 15.0. The molecule has 1 aromatic carbocycles. The molecule has 3 heterocycles. The number of rotatable bonds is 5. The van der Waals surface area contributed by atoms with Crippen LogP contribution in [0.4, 0.5) is 11.5 Å². The monoisotopic (exact) mass is 378 g/mol. The van der Waals surface area contributed by atoms with E-state index in [-0.39, 0.29) is 5.91 Å². The average Bonchev–Trinajstić information content (AvgIpc) is 3.26. The SMILES string of the molecule is O=C(Nc1ccc(CN2CCN(c3ccccn3)CC2)cc1)c1cccs1. The van der Waals surface area contributed by atoms with Gasteiger partial charge in [-0.25, -0.2) is 4.98 Å². The van der Waals surface area contributed by atoms with Gasteiger partial charge in [-0.05, 0) is 41.3 Å². The van der Waals surface area contributed by atoms with Crippen molar-refractivity contribution in [3.63, 3.8) is 0 Å². The number of hydrogen-bond acceptors (Lipinski definition) is 5. The molecule has 0 spiro atoms. The highest BCUT2D eigenvalue weighted by Crippen LogP contribution is 2.17. The Morgan fingerprint density at radius 3 is 2.48 bits per heavy atom. The third-order valence-corrected chi connectivity index (χ3v) is 5.58. The number of aromatic nitrogens is 1. The summed E-state index contributed by atoms with van der Waals surface area (Å²) < 4.78 is 0. The van der Waals surface area contributed by atoms with E-state index in [1.54, 1.807) is 0 Å². The molecule has 6 heteroatoms. The van der Waals surface area contributed by atoms with Crippen LogP contribution in [-0.4, -0.2) is 42.0 Å². The molecule has 1 fully saturated rings. The number of anilines is 2. The van der Waals surface area contributed by atoms with Crippen molar-refractivity contribution in [2.45, 2.75) is 6.54 Å². The maximum absolute atomic E-state index is 12.1. The lowest BCUT2D eigenvalue weighted by Crippen LogP contribution is -2.46. The van der Waals surface area contributed by atoms with Gasteiger partial charge in [-0.15, -0.1) is 11.3 Å². The second-order valence-corrected chi connectivity index (χ2v) is 7.53. The van der Waals surface area contributed by atoms with Gasteiger partial charge in [0.25, 0.3) is 5.91 Å². The average molecular weight is 379 g/mol. The summed E-state index contributed by atoms with van der Waals surface area (Å²) in [7, 11) is 0. The first-order valence-corrected chi connectivity index (χ1v) is 9.98. The number of nitrogens with zero attached hydrogens (tertiary/aromatic N) is 3. The summed E-state index contributed by atoms with van der Waals surface area (Å²) in [5.41, 5.74) is 2.09. The quantitative estimate of drug-likeness (QED) is 0.735. The van der Waals surface area contributed by atoms with Crippen LogP contribution in [0.1, 0.15) is 15.2 Å². The van der Waals surface area contributed by atoms with Crippen LogP contribution in [0.2, 0.25) is 0 Å². The Hall–Kier alpha value is -2.70. The van der Waals surface area contributed by atoms with Gasteiger partial charge in [-0.3, -0.25) is 9.69 Å². The number of benzene rings is 1. The molecule has 138 valence electrons. The van der Waals surface area contributed by atoms with Crippen molar-refractivity contribution in [1.82, 2.24) is 9.88 Å². The number of carbonyl (C=O) groups excluding carboxylic acids is 1. The normalized spacial score (nSPS) is 14.9. The largest absolute Gasteiger partial charge is 0.354 e. The minimum Gasteiger partial charge on any atom is -0.354 e. The first-order chi connectivity index (χ1) is 13.3. The molecular weight excluding hydrogens is 356 g/mol. The molecule has 1 saturated heterocycles. The van der Waals surface area contributed by atoms with E-state index < -0.39 is 0 Å². The fraction of sp³-hybridized carbons (Fsp3) is 0.238. The minimum absolute atomic E-state index is 0.0524. The van der Waals surface area contributed by atoms with E-state index in [2.05, 4.69) is 38.3 Å². The van der Waals surface area contributed by atoms with Crippen LogP contribution in [-0.2, 0) is 6.54 Å². The van der Waals surface area contributed by atoms with Crippen LogP contribution in [0.25, 0.3) is 0 Å². The summed E-state index contributed by atoms with van der Waals surface area (Å²) in [5.74, 6) is 1.01. The van der Waals surface area contributed by atoms with Gasteiger partial charge in [-0.1, -0.05) is 24.3 Å². The summed E-state index contributed by atoms with van der Waals surface area (Å²) in [6.45, 7) is 4.95. The van der Waals surface area contributed by atoms with Gasteiger partial charge in [0.2, 0.25) is 0 Å². The predicted molar refractivity (Wildman–Crippen MR) is 110 cm³/mol. The van der Waals surface area contributed by atoms with Crippen LogP contribution in [0.5, 0.6) is 0 Å². The van der Waals surface area contributed by atoms with Gasteiger partial charge < -0.3 is 10.2 Å². The topological polar surface area (TPSA) is 48.5 Å². The number of piperazine rings is 1. The van der Waals surface area contributed by atoms with E-state index in [4.69, 9.17) is 0 Å². The van der Waals surface area contributed by atoms with Crippen LogP contribution in [0, 0.1) is 0 Å². The van der Waals surface area contributed by atoms with Crippen molar-refractivity contribution < 1.29 is 4.79 Å². The van der Waals surface area contributed by atoms with Crippen molar-refractivity contribution in [3.05, 3.63) is 76.6 Å². The third kappa shape index (κ3) is 4.53. The highest BCUT2D eigenvalue weighted by Gasteiger charge is 2.17. The van der Waals surface area contributed by atoms with Crippen molar-refractivity contribution in [3.8, 4) is 0 Å². The maximum Gasteiger partial charge on any atom is 0.265 e. The molecule has 3 aromatic rings. The molecule has 0 atom stereocenters. The van der Waals surface area contributed by atoms with Gasteiger partial charge in [0, 0.05) is 44.6 Å². The van der Waals surface area contributed by atoms with Gasteiger partial charge in [0.05, 0.1) is 4.88 Å². The Kier molecular flexibility index (Phi) is 5.46. The first kappa shape index (κ1) is 17.7. The Morgan fingerprint density at radius 1 is 1.00 bits per heavy atom. The lowest BCUT2D eigenvalue weighted by Gasteiger charge is -2.35. The fourth-order valence-corrected chi connectivity index (χ4v) is 3.85. The number of carbonyl (C=O) groups is 1. The van der Waals surface area contributed by atoms with Crippen LogP contribution >= 0.6 is 11.3 Å². The molecule has 4 rings (SSSR count). The lowest BCUT2D eigenvalue weighted by atomic mass is 10.1. The summed E-state index contributed by atoms with van der Waals surface area (Å²) >= 11 is 1.45. The second-order valence-electron chi connectivity index (χ2n) is 6.58. The van der Waals surface area contributed by atoms with E-state index in [0.29, 0.717) is 0 Å². The van der Waals surface area contributed by atoms with E-state index in [0.717, 1.165) is 49.1 Å². The second kappa shape index (κ2) is 8.33. The van der Waals surface area contributed by atoms with Crippen LogP contribution in [0.15, 0.2) is 66.2 Å². The van der Waals surface area contributed by atoms with E-state index in [1.165, 1.54) is 16.9 Å². The molecule has 0 saturated carbocycles. The molecule has 1 amide bonds. The highest BCUT2D eigenvalue weighted by atomic mass is 32.1. The molecule has 1 aliphatic heterocycles. The Labute approximate surface area is 163 Å². The van der Waals surface area contributed by atoms with Crippen LogP contribution in [0.3, 0.4) is 0 Å². The van der Waals surface area contributed by atoms with Gasteiger partial charge >= 0.3 is 0 Å². The van der Waals surface area contributed by atoms with Crippen molar-refractivity contribution in [1.29, 1.82) is 0 Å². The first-order valence-electron chi connectivity index (χ1n) is 9.10. The minimum atomic E-state index is -0.0524. The van der Waals surface area contributed by atoms with Gasteiger partial charge in [0.1, 0.15) is 5.82 Å². The number of amides is 1. The zero-order chi connectivity index (χ0) is 18.5. The maximum atomic E-state index is 12.1. The van der Waals surface area contributed by atoms with Crippen molar-refractivity contribution in [2.75, 3.05) is 36.4 Å². The molecule has 1 aliphatic rings. The predicted octanol–water partition coefficient (Wildman–Crippen LogP) is 3.72. The van der Waals surface area contributed by atoms with Crippen molar-refractivity contribution in [2.24, 2.45) is 0 Å². The summed E-state index contributed by atoms with van der Waals surface area (Å²) in [4.78, 5) is 22.1. The van der Waals surface area contributed by atoms with E-state index in [9.17, 15) is 4.79 Å². The standard InChI is InChI=1S/C21H22N4OS/c26-21(19-4-3-15-27-19)23-18-8-6-17(7-9-18)16-24-11-13-25(14-12-24)20-5-1-2-10-22-20/h1-10,15H,11-14,16H2,(H,23,26). The summed E-state index contributed by atoms with van der Waals surface area (Å²) in [6.07, 6.45) is 1.85. The molecule has 0 aliphatic carbocycles. The van der Waals surface area contributed by atoms with Crippen LogP contribution < -0.4 is 10.2 Å². The Balaban J connectivity index is 1.28. The smallest absolute Gasteiger partial charge is 0.265 e. The number of thiophene rings is 1. The Bertz CT molecular complexity index is 857. The lowest BCUT2D eigenvalue weighted by molar-refractivity contribution is 0.103. The van der Waals surface area contributed by atoms with E-state index in [1.807, 2.05) is 48.0 Å². The molecule has 27 heavy (non-hydrogen) atoms. The zero-order valence-corrected chi connectivity index (χ0v) is 15.9. The third-order valence-electron chi connectivity index (χ3n) is 4.71. The molecule has 1 N–H and O–H groups in total. The molecule has 0 radical (unpaired) electrons. The number of nitrogens with one attached hydrogen (secondary N) is 1.